The number of benzene rings is 2. The number of nitrogens with one attached hydrogen (secondary N) is 1. The minimum atomic E-state index is -2.30. The van der Waals surface area contributed by atoms with Crippen LogP contribution in [0.5, 0.6) is 0 Å². The minimum Gasteiger partial charge on any atom is -0.368 e. The van der Waals surface area contributed by atoms with Crippen LogP contribution in [0, 0.1) is 0 Å². The predicted octanol–water partition coefficient (Wildman–Crippen LogP) is 2.83. The second-order valence-corrected chi connectivity index (χ2v) is 9.32. The Bertz CT molecular complexity index is 789. The molecule has 0 unspecified atom stereocenters. The number of rotatable bonds is 2. The Labute approximate surface area is 142 Å². The van der Waals surface area contributed by atoms with Gasteiger partial charge in [0.15, 0.2) is 0 Å². The summed E-state index contributed by atoms with van der Waals surface area (Å²) in [4.78, 5) is 8.98. The molecule has 1 heterocycles. The van der Waals surface area contributed by atoms with Crippen LogP contribution in [0.2, 0.25) is 0 Å². The Hall–Kier alpha value is -2.39. The van der Waals surface area contributed by atoms with Gasteiger partial charge < -0.3 is 10.8 Å². The predicted molar refractivity (Wildman–Crippen MR) is 103 cm³/mol. The van der Waals surface area contributed by atoms with Gasteiger partial charge in [-0.3, -0.25) is 0 Å². The van der Waals surface area contributed by atoms with Crippen LogP contribution in [0.15, 0.2) is 75.4 Å². The number of nitrogens with two attached hydrogens (primary N) is 1. The molecule has 0 saturated heterocycles. The third-order valence-electron chi connectivity index (χ3n) is 3.44. The normalized spacial score (nSPS) is 18.5. The first-order chi connectivity index (χ1) is 11.4. The first-order valence-corrected chi connectivity index (χ1v) is 9.59. The van der Waals surface area contributed by atoms with Crippen LogP contribution in [0.1, 0.15) is 20.8 Å². The van der Waals surface area contributed by atoms with Crippen LogP contribution in [-0.2, 0) is 0 Å². The van der Waals surface area contributed by atoms with E-state index >= 15 is 0 Å². The highest BCUT2D eigenvalue weighted by Crippen LogP contribution is 2.44. The summed E-state index contributed by atoms with van der Waals surface area (Å²) < 4.78 is 4.78. The van der Waals surface area contributed by atoms with Gasteiger partial charge in [0.05, 0.1) is 5.54 Å². The van der Waals surface area contributed by atoms with Crippen molar-refractivity contribution in [1.29, 1.82) is 0 Å². The molecule has 0 amide bonds. The molecule has 24 heavy (non-hydrogen) atoms. The number of hydrogen-bond acceptors (Lipinski definition) is 3. The molecule has 0 saturated carbocycles. The molecule has 2 aromatic rings. The zero-order chi connectivity index (χ0) is 17.2. The molecule has 0 atom stereocenters. The zero-order valence-corrected chi connectivity index (χ0v) is 15.0. The van der Waals surface area contributed by atoms with E-state index in [1.54, 1.807) is 0 Å². The number of aliphatic imine (C=N–C) groups is 2. The highest BCUT2D eigenvalue weighted by molar-refractivity contribution is 7.80. The third kappa shape index (κ3) is 3.41. The van der Waals surface area contributed by atoms with Crippen molar-refractivity contribution in [2.75, 3.05) is 0 Å². The average molecular weight is 339 g/mol. The Morgan fingerprint density at radius 2 is 1.42 bits per heavy atom. The lowest BCUT2D eigenvalue weighted by molar-refractivity contribution is 0.581. The van der Waals surface area contributed by atoms with Gasteiger partial charge in [-0.1, -0.05) is 60.7 Å². The van der Waals surface area contributed by atoms with Crippen LogP contribution in [0.4, 0.5) is 0 Å². The van der Waals surface area contributed by atoms with Crippen molar-refractivity contribution in [1.82, 2.24) is 5.09 Å². The van der Waals surface area contributed by atoms with Crippen LogP contribution < -0.4 is 21.4 Å². The Kier molecular flexibility index (Phi) is 4.29. The lowest BCUT2D eigenvalue weighted by Gasteiger charge is -2.30. The van der Waals surface area contributed by atoms with Gasteiger partial charge in [-0.05, 0) is 20.8 Å². The topological polar surface area (TPSA) is 75.1 Å². The molecule has 5 nitrogen and oxygen atoms in total. The third-order valence-corrected chi connectivity index (χ3v) is 6.56. The molecule has 0 aliphatic carbocycles. The lowest BCUT2D eigenvalue weighted by Crippen LogP contribution is -2.37. The van der Waals surface area contributed by atoms with Gasteiger partial charge in [-0.25, -0.2) is 9.74 Å². The number of nitrogens with zero attached hydrogens (tertiary/aromatic N) is 3. The van der Waals surface area contributed by atoms with E-state index in [0.717, 1.165) is 10.6 Å². The van der Waals surface area contributed by atoms with Crippen LogP contribution >= 0.6 is 7.21 Å². The van der Waals surface area contributed by atoms with E-state index in [0.29, 0.717) is 5.96 Å². The van der Waals surface area contributed by atoms with Crippen molar-refractivity contribution in [2.24, 2.45) is 20.5 Å². The Morgan fingerprint density at radius 1 is 0.917 bits per heavy atom. The van der Waals surface area contributed by atoms with Gasteiger partial charge in [0.1, 0.15) is 7.21 Å². The molecule has 1 aliphatic rings. The number of guanidine groups is 2. The smallest absolute Gasteiger partial charge is 0.226 e. The first kappa shape index (κ1) is 16.5. The molecule has 0 radical (unpaired) electrons. The van der Waals surface area contributed by atoms with Crippen molar-refractivity contribution in [3.63, 3.8) is 0 Å². The van der Waals surface area contributed by atoms with Crippen molar-refractivity contribution < 1.29 is 0 Å². The van der Waals surface area contributed by atoms with E-state index in [9.17, 15) is 0 Å². The largest absolute Gasteiger partial charge is 0.368 e. The fraction of sp³-hybridized carbons (Fsp3) is 0.222. The molecular formula is C18H22N5P. The summed E-state index contributed by atoms with van der Waals surface area (Å²) in [6, 6.07) is 20.3. The maximum Gasteiger partial charge on any atom is 0.226 e. The molecule has 1 aliphatic heterocycles. The Morgan fingerprint density at radius 3 is 1.88 bits per heavy atom. The van der Waals surface area contributed by atoms with Crippen LogP contribution in [0.3, 0.4) is 0 Å². The van der Waals surface area contributed by atoms with Gasteiger partial charge >= 0.3 is 0 Å². The van der Waals surface area contributed by atoms with E-state index in [2.05, 4.69) is 39.3 Å². The van der Waals surface area contributed by atoms with Crippen molar-refractivity contribution >= 4 is 29.7 Å². The quantitative estimate of drug-likeness (QED) is 0.826. The maximum absolute atomic E-state index is 6.08. The van der Waals surface area contributed by atoms with Gasteiger partial charge in [-0.2, -0.15) is 4.99 Å². The molecular weight excluding hydrogens is 317 g/mol. The first-order valence-electron chi connectivity index (χ1n) is 7.85. The molecule has 0 fully saturated rings. The van der Waals surface area contributed by atoms with E-state index in [1.807, 2.05) is 57.2 Å². The summed E-state index contributed by atoms with van der Waals surface area (Å²) >= 11 is 0. The van der Waals surface area contributed by atoms with Crippen LogP contribution in [-0.4, -0.2) is 17.5 Å². The molecule has 6 heteroatoms. The highest BCUT2D eigenvalue weighted by Gasteiger charge is 2.30. The minimum absolute atomic E-state index is 0.257. The second kappa shape index (κ2) is 6.25. The molecule has 2 aromatic carbocycles. The summed E-state index contributed by atoms with van der Waals surface area (Å²) in [5.41, 5.74) is 5.83. The van der Waals surface area contributed by atoms with Gasteiger partial charge in [0.2, 0.25) is 11.9 Å². The standard InChI is InChI=1S/C18H22N5P/c1-18(2,3)21-17-20-16(19)22-24(23-17,14-10-6-4-7-11-14)15-12-8-5-9-13-15/h4-13H,1-3H3,(H3,19,20,21,23). The average Bonchev–Trinajstić information content (AvgIpc) is 2.54. The molecule has 124 valence electrons. The molecule has 0 aromatic heterocycles. The van der Waals surface area contributed by atoms with Gasteiger partial charge in [0.25, 0.3) is 0 Å². The van der Waals surface area contributed by atoms with Gasteiger partial charge in [0, 0.05) is 10.6 Å². The number of hydrogen-bond donors (Lipinski definition) is 2. The van der Waals surface area contributed by atoms with E-state index in [-0.39, 0.29) is 11.5 Å². The molecule has 0 spiro atoms. The second-order valence-electron chi connectivity index (χ2n) is 6.59. The summed E-state index contributed by atoms with van der Waals surface area (Å²) in [5.74, 6) is 0.800. The molecule has 0 bridgehead atoms. The fourth-order valence-corrected chi connectivity index (χ4v) is 5.31. The van der Waals surface area contributed by atoms with Crippen LogP contribution in [0.25, 0.3) is 0 Å². The van der Waals surface area contributed by atoms with E-state index < -0.39 is 7.21 Å². The van der Waals surface area contributed by atoms with Crippen molar-refractivity contribution in [3.8, 4) is 0 Å². The van der Waals surface area contributed by atoms with Crippen molar-refractivity contribution in [2.45, 2.75) is 26.3 Å². The lowest BCUT2D eigenvalue weighted by atomic mass is 10.1. The molecule has 3 N–H and O–H groups in total. The molecule has 3 rings (SSSR count). The Balaban J connectivity index is 2.24. The summed E-state index contributed by atoms with van der Waals surface area (Å²) in [6.07, 6.45) is 0. The highest BCUT2D eigenvalue weighted by atomic mass is 31.2. The maximum atomic E-state index is 6.08. The van der Waals surface area contributed by atoms with E-state index in [1.165, 1.54) is 0 Å². The monoisotopic (exact) mass is 339 g/mol. The zero-order valence-electron chi connectivity index (χ0n) is 14.1. The van der Waals surface area contributed by atoms with Crippen molar-refractivity contribution in [3.05, 3.63) is 60.7 Å². The summed E-state index contributed by atoms with van der Waals surface area (Å²) in [6.45, 7) is 6.10. The fourth-order valence-electron chi connectivity index (χ4n) is 2.53. The summed E-state index contributed by atoms with van der Waals surface area (Å²) in [7, 11) is -2.30. The van der Waals surface area contributed by atoms with Gasteiger partial charge in [-0.15, -0.1) is 0 Å². The SMILES string of the molecule is CC(C)(C)N=C1N=C(N)N=P(c2ccccc2)(c2ccccc2)N1. The van der Waals surface area contributed by atoms with E-state index in [4.69, 9.17) is 10.5 Å². The summed E-state index contributed by atoms with van der Waals surface area (Å²) in [5, 5.41) is 5.70.